The van der Waals surface area contributed by atoms with E-state index in [4.69, 9.17) is 28.4 Å². The number of ether oxygens (including phenoxy) is 6. The standard InChI is InChI=1S/C40H46O8S/c1-3-43-39(41)14-10-21-46-36-13-9-12-29(35(36)16-18-40(42)44-4-2)11-7-5-6-8-20-45-34-24-32(23-33(25-34)31-19-22-49-27-31)30-15-17-37-38(26-30)48-28-47-37/h9,12-13,15,17,19,22-27H,3-8,10-11,14,16,18,20-21,28H2,1-2H3. The van der Waals surface area contributed by atoms with E-state index < -0.39 is 0 Å². The minimum Gasteiger partial charge on any atom is -0.494 e. The van der Waals surface area contributed by atoms with Crippen LogP contribution in [-0.4, -0.2) is 45.2 Å². The molecule has 2 heterocycles. The molecule has 8 nitrogen and oxygen atoms in total. The molecule has 49 heavy (non-hydrogen) atoms. The van der Waals surface area contributed by atoms with Crippen LogP contribution in [0.1, 0.15) is 69.9 Å². The topological polar surface area (TPSA) is 89.5 Å². The summed E-state index contributed by atoms with van der Waals surface area (Å²) in [5.41, 5.74) is 6.64. The van der Waals surface area contributed by atoms with Gasteiger partial charge in [0.15, 0.2) is 11.5 Å². The van der Waals surface area contributed by atoms with Crippen LogP contribution in [0.25, 0.3) is 22.3 Å². The number of aryl methyl sites for hydroxylation is 1. The van der Waals surface area contributed by atoms with Gasteiger partial charge in [0.1, 0.15) is 11.5 Å². The molecule has 0 atom stereocenters. The number of thiophene rings is 1. The van der Waals surface area contributed by atoms with E-state index in [1.165, 1.54) is 11.1 Å². The molecule has 9 heteroatoms. The van der Waals surface area contributed by atoms with Crippen molar-refractivity contribution in [1.29, 1.82) is 0 Å². The van der Waals surface area contributed by atoms with E-state index in [9.17, 15) is 9.59 Å². The Morgan fingerprint density at radius 3 is 2.24 bits per heavy atom. The zero-order chi connectivity index (χ0) is 34.3. The fourth-order valence-corrected chi connectivity index (χ4v) is 6.50. The molecular weight excluding hydrogens is 640 g/mol. The Hall–Kier alpha value is -4.50. The number of carbonyl (C=O) groups excluding carboxylic acids is 2. The molecule has 3 aromatic carbocycles. The highest BCUT2D eigenvalue weighted by Gasteiger charge is 2.16. The van der Waals surface area contributed by atoms with Crippen LogP contribution >= 0.6 is 11.3 Å². The number of rotatable bonds is 20. The minimum atomic E-state index is -0.217. The molecule has 0 saturated carbocycles. The predicted octanol–water partition coefficient (Wildman–Crippen LogP) is 9.21. The second-order valence-electron chi connectivity index (χ2n) is 11.8. The van der Waals surface area contributed by atoms with Crippen molar-refractivity contribution in [2.24, 2.45) is 0 Å². The van der Waals surface area contributed by atoms with Crippen LogP contribution in [0.3, 0.4) is 0 Å². The maximum Gasteiger partial charge on any atom is 0.306 e. The second-order valence-corrected chi connectivity index (χ2v) is 12.6. The van der Waals surface area contributed by atoms with Crippen molar-refractivity contribution >= 4 is 23.3 Å². The third-order valence-electron chi connectivity index (χ3n) is 8.28. The van der Waals surface area contributed by atoms with E-state index in [2.05, 4.69) is 47.2 Å². The van der Waals surface area contributed by atoms with Gasteiger partial charge in [-0.3, -0.25) is 9.59 Å². The molecular formula is C40H46O8S. The molecule has 0 aliphatic carbocycles. The first-order valence-electron chi connectivity index (χ1n) is 17.3. The third-order valence-corrected chi connectivity index (χ3v) is 8.96. The van der Waals surface area contributed by atoms with Gasteiger partial charge in [0.25, 0.3) is 0 Å². The van der Waals surface area contributed by atoms with Gasteiger partial charge in [0.05, 0.1) is 26.4 Å². The summed E-state index contributed by atoms with van der Waals surface area (Å²) in [6.07, 6.45) is 6.68. The van der Waals surface area contributed by atoms with Gasteiger partial charge in [-0.05, 0) is 133 Å². The van der Waals surface area contributed by atoms with E-state index in [0.29, 0.717) is 52.1 Å². The number of hydrogen-bond acceptors (Lipinski definition) is 9. The normalized spacial score (nSPS) is 11.7. The van der Waals surface area contributed by atoms with Gasteiger partial charge in [-0.1, -0.05) is 31.0 Å². The molecule has 0 fully saturated rings. The van der Waals surface area contributed by atoms with Crippen molar-refractivity contribution in [2.45, 2.75) is 71.6 Å². The van der Waals surface area contributed by atoms with Gasteiger partial charge in [0, 0.05) is 12.8 Å². The summed E-state index contributed by atoms with van der Waals surface area (Å²) in [6, 6.07) is 20.6. The van der Waals surface area contributed by atoms with Gasteiger partial charge in [-0.25, -0.2) is 0 Å². The van der Waals surface area contributed by atoms with E-state index in [1.807, 2.05) is 31.2 Å². The molecule has 0 unspecified atom stereocenters. The molecule has 0 radical (unpaired) electrons. The van der Waals surface area contributed by atoms with E-state index in [0.717, 1.165) is 77.4 Å². The van der Waals surface area contributed by atoms with Crippen LogP contribution in [0, 0.1) is 0 Å². The van der Waals surface area contributed by atoms with Crippen LogP contribution in [0.5, 0.6) is 23.0 Å². The van der Waals surface area contributed by atoms with Crippen molar-refractivity contribution in [3.63, 3.8) is 0 Å². The molecule has 4 aromatic rings. The average Bonchev–Trinajstić information content (AvgIpc) is 3.82. The second kappa shape index (κ2) is 18.9. The van der Waals surface area contributed by atoms with Crippen molar-refractivity contribution in [3.05, 3.63) is 82.6 Å². The first-order chi connectivity index (χ1) is 24.0. The smallest absolute Gasteiger partial charge is 0.306 e. The Balaban J connectivity index is 1.13. The molecule has 1 aromatic heterocycles. The van der Waals surface area contributed by atoms with Gasteiger partial charge in [-0.2, -0.15) is 11.3 Å². The van der Waals surface area contributed by atoms with Crippen LogP contribution in [0.2, 0.25) is 0 Å². The fraction of sp³-hybridized carbons (Fsp3) is 0.400. The van der Waals surface area contributed by atoms with Crippen LogP contribution in [-0.2, 0) is 31.9 Å². The van der Waals surface area contributed by atoms with Crippen LogP contribution in [0.4, 0.5) is 0 Å². The van der Waals surface area contributed by atoms with E-state index in [1.54, 1.807) is 18.3 Å². The maximum absolute atomic E-state index is 12.2. The first-order valence-corrected chi connectivity index (χ1v) is 18.2. The number of fused-ring (bicyclic) bond motifs is 1. The predicted molar refractivity (Wildman–Crippen MR) is 192 cm³/mol. The largest absolute Gasteiger partial charge is 0.494 e. The Morgan fingerprint density at radius 2 is 1.45 bits per heavy atom. The summed E-state index contributed by atoms with van der Waals surface area (Å²) < 4.78 is 33.7. The van der Waals surface area contributed by atoms with E-state index >= 15 is 0 Å². The molecule has 0 saturated heterocycles. The monoisotopic (exact) mass is 686 g/mol. The lowest BCUT2D eigenvalue weighted by molar-refractivity contribution is -0.144. The van der Waals surface area contributed by atoms with Crippen molar-refractivity contribution < 1.29 is 38.0 Å². The Kier molecular flexibility index (Phi) is 13.8. The van der Waals surface area contributed by atoms with Gasteiger partial charge < -0.3 is 28.4 Å². The lowest BCUT2D eigenvalue weighted by atomic mass is 9.96. The molecule has 0 amide bonds. The maximum atomic E-state index is 12.2. The summed E-state index contributed by atoms with van der Waals surface area (Å²) in [6.45, 7) is 5.64. The zero-order valence-electron chi connectivity index (χ0n) is 28.5. The molecule has 1 aliphatic rings. The molecule has 260 valence electrons. The number of hydrogen-bond donors (Lipinski definition) is 0. The summed E-state index contributed by atoms with van der Waals surface area (Å²) in [5.74, 6) is 2.72. The Bertz CT molecular complexity index is 1650. The molecule has 1 aliphatic heterocycles. The Morgan fingerprint density at radius 1 is 0.694 bits per heavy atom. The SMILES string of the molecule is CCOC(=O)CCCOc1cccc(CCCCCCOc2cc(-c3ccsc3)cc(-c3ccc4c(c3)OCO4)c2)c1CCC(=O)OCC. The third kappa shape index (κ3) is 10.7. The molecule has 0 bridgehead atoms. The average molecular weight is 687 g/mol. The van der Waals surface area contributed by atoms with E-state index in [-0.39, 0.29) is 18.7 Å². The van der Waals surface area contributed by atoms with Gasteiger partial charge in [-0.15, -0.1) is 0 Å². The highest BCUT2D eigenvalue weighted by atomic mass is 32.1. The van der Waals surface area contributed by atoms with Crippen LogP contribution < -0.4 is 18.9 Å². The number of benzene rings is 3. The van der Waals surface area contributed by atoms with Crippen molar-refractivity contribution in [1.82, 2.24) is 0 Å². The highest BCUT2D eigenvalue weighted by molar-refractivity contribution is 7.08. The van der Waals surface area contributed by atoms with Crippen molar-refractivity contribution in [2.75, 3.05) is 33.2 Å². The lowest BCUT2D eigenvalue weighted by Crippen LogP contribution is -2.10. The first kappa shape index (κ1) is 35.8. The van der Waals surface area contributed by atoms with Crippen molar-refractivity contribution in [3.8, 4) is 45.3 Å². The fourth-order valence-electron chi connectivity index (χ4n) is 5.84. The highest BCUT2D eigenvalue weighted by Crippen LogP contribution is 2.38. The minimum absolute atomic E-state index is 0.213. The Labute approximate surface area is 293 Å². The summed E-state index contributed by atoms with van der Waals surface area (Å²) >= 11 is 1.68. The molecule has 5 rings (SSSR count). The summed E-state index contributed by atoms with van der Waals surface area (Å²) in [4.78, 5) is 23.9. The number of unbranched alkanes of at least 4 members (excludes halogenated alkanes) is 3. The van der Waals surface area contributed by atoms with Gasteiger partial charge >= 0.3 is 11.9 Å². The summed E-state index contributed by atoms with van der Waals surface area (Å²) in [7, 11) is 0. The number of carbonyl (C=O) groups is 2. The summed E-state index contributed by atoms with van der Waals surface area (Å²) in [5, 5.41) is 4.24. The molecule has 0 N–H and O–H groups in total. The quantitative estimate of drug-likeness (QED) is 0.0672. The zero-order valence-corrected chi connectivity index (χ0v) is 29.3. The van der Waals surface area contributed by atoms with Crippen LogP contribution in [0.15, 0.2) is 71.4 Å². The molecule has 0 spiro atoms. The van der Waals surface area contributed by atoms with Gasteiger partial charge in [0.2, 0.25) is 6.79 Å². The number of esters is 2. The lowest BCUT2D eigenvalue weighted by Gasteiger charge is -2.16.